The van der Waals surface area contributed by atoms with Crippen molar-refractivity contribution in [2.45, 2.75) is 0 Å². The van der Waals surface area contributed by atoms with Crippen LogP contribution in [-0.4, -0.2) is 51.4 Å². The summed E-state index contributed by atoms with van der Waals surface area (Å²) < 4.78 is 5.70. The molecule has 0 spiro atoms. The molecule has 1 rings (SSSR count). The van der Waals surface area contributed by atoms with Crippen LogP contribution >= 0.6 is 12.4 Å². The summed E-state index contributed by atoms with van der Waals surface area (Å²) in [5, 5.41) is 18.9. The van der Waals surface area contributed by atoms with E-state index in [0.717, 1.165) is 5.56 Å². The average molecular weight is 286 g/mol. The minimum Gasteiger partial charge on any atom is -0.857 e. The highest BCUT2D eigenvalue weighted by Gasteiger charge is 2.05. The molecule has 0 amide bonds. The average Bonchev–Trinajstić information content (AvgIpc) is 2.27. The summed E-state index contributed by atoms with van der Waals surface area (Å²) in [6.45, 7) is 0.323. The van der Waals surface area contributed by atoms with Crippen LogP contribution in [0.15, 0.2) is 34.5 Å². The topological polar surface area (TPSA) is 57.0 Å². The van der Waals surface area contributed by atoms with Gasteiger partial charge in [-0.05, 0) is 12.1 Å². The van der Waals surface area contributed by atoms with Gasteiger partial charge >= 0.3 is 0 Å². The molecule has 0 heterocycles. The highest BCUT2D eigenvalue weighted by Crippen LogP contribution is 2.14. The number of hydrogen-bond acceptors (Lipinski definition) is 4. The number of ether oxygens (including phenoxy) is 1. The number of benzene rings is 1. The molecule has 0 aliphatic rings. The third-order valence-electron chi connectivity index (χ3n) is 2.11. The van der Waals surface area contributed by atoms with Gasteiger partial charge in [-0.3, -0.25) is 0 Å². The normalized spacial score (nSPS) is 12.3. The molecule has 0 fully saturated rings. The Morgan fingerprint density at radius 2 is 1.95 bits per heavy atom. The molecule has 0 bridgehead atoms. The Morgan fingerprint density at radius 3 is 2.53 bits per heavy atom. The number of halogens is 1. The maximum absolute atomic E-state index is 11.5. The molecule has 1 aromatic carbocycles. The van der Waals surface area contributed by atoms with E-state index in [0.29, 0.717) is 16.8 Å². The Kier molecular flexibility index (Phi) is 7.11. The SMILES string of the molecule is COc1ccccc1C=NN=C([O-])C[N+](C)(C)C.Cl. The molecule has 0 aliphatic heterocycles. The Bertz CT molecular complexity index is 453. The lowest BCUT2D eigenvalue weighted by molar-refractivity contribution is -0.863. The number of likely N-dealkylation sites (N-methyl/N-ethyl adjacent to an activating group) is 1. The van der Waals surface area contributed by atoms with E-state index in [-0.39, 0.29) is 18.3 Å². The predicted molar refractivity (Wildman–Crippen MR) is 78.2 cm³/mol. The van der Waals surface area contributed by atoms with Gasteiger partial charge in [0.05, 0.1) is 34.5 Å². The molecule has 0 unspecified atom stereocenters. The van der Waals surface area contributed by atoms with Crippen LogP contribution in [0.4, 0.5) is 0 Å². The van der Waals surface area contributed by atoms with Crippen molar-refractivity contribution in [2.75, 3.05) is 34.8 Å². The van der Waals surface area contributed by atoms with Gasteiger partial charge in [-0.25, -0.2) is 0 Å². The second-order valence-electron chi connectivity index (χ2n) is 4.93. The fourth-order valence-electron chi connectivity index (χ4n) is 1.37. The minimum absolute atomic E-state index is 0. The van der Waals surface area contributed by atoms with Gasteiger partial charge in [-0.15, -0.1) is 12.4 Å². The molecule has 19 heavy (non-hydrogen) atoms. The molecule has 0 aliphatic carbocycles. The zero-order valence-electron chi connectivity index (χ0n) is 11.7. The van der Waals surface area contributed by atoms with Crippen molar-refractivity contribution in [1.29, 1.82) is 0 Å². The van der Waals surface area contributed by atoms with Crippen molar-refractivity contribution < 1.29 is 14.3 Å². The van der Waals surface area contributed by atoms with Crippen LogP contribution in [-0.2, 0) is 0 Å². The molecule has 5 nitrogen and oxygen atoms in total. The zero-order chi connectivity index (χ0) is 13.6. The Morgan fingerprint density at radius 1 is 1.32 bits per heavy atom. The Balaban J connectivity index is 0.00000324. The molecule has 106 valence electrons. The van der Waals surface area contributed by atoms with Crippen molar-refractivity contribution in [1.82, 2.24) is 0 Å². The van der Waals surface area contributed by atoms with Gasteiger partial charge in [0.1, 0.15) is 12.3 Å². The summed E-state index contributed by atoms with van der Waals surface area (Å²) in [4.78, 5) is 0. The van der Waals surface area contributed by atoms with Crippen LogP contribution in [0, 0.1) is 0 Å². The summed E-state index contributed by atoms with van der Waals surface area (Å²) in [5.74, 6) is 0.462. The zero-order valence-corrected chi connectivity index (χ0v) is 12.5. The monoisotopic (exact) mass is 285 g/mol. The Hall–Kier alpha value is -1.59. The number of rotatable bonds is 5. The number of para-hydroxylation sites is 1. The van der Waals surface area contributed by atoms with Crippen molar-refractivity contribution in [3.63, 3.8) is 0 Å². The van der Waals surface area contributed by atoms with Crippen LogP contribution in [0.25, 0.3) is 0 Å². The molecule has 1 aromatic rings. The van der Waals surface area contributed by atoms with Crippen LogP contribution in [0.5, 0.6) is 5.75 Å². The van der Waals surface area contributed by atoms with Crippen molar-refractivity contribution in [3.05, 3.63) is 29.8 Å². The van der Waals surface area contributed by atoms with E-state index < -0.39 is 0 Å². The third-order valence-corrected chi connectivity index (χ3v) is 2.11. The largest absolute Gasteiger partial charge is 0.857 e. The van der Waals surface area contributed by atoms with Crippen LogP contribution in [0.1, 0.15) is 5.56 Å². The van der Waals surface area contributed by atoms with Gasteiger partial charge in [0.2, 0.25) is 0 Å². The molecule has 0 saturated carbocycles. The highest BCUT2D eigenvalue weighted by atomic mass is 35.5. The van der Waals surface area contributed by atoms with E-state index in [4.69, 9.17) is 4.74 Å². The summed E-state index contributed by atoms with van der Waals surface area (Å²) in [6, 6.07) is 7.42. The fourth-order valence-corrected chi connectivity index (χ4v) is 1.37. The molecular weight excluding hydrogens is 266 g/mol. The number of quaternary nitrogens is 1. The van der Waals surface area contributed by atoms with Gasteiger partial charge in [-0.2, -0.15) is 10.2 Å². The molecule has 6 heteroatoms. The van der Waals surface area contributed by atoms with Gasteiger partial charge in [-0.1, -0.05) is 12.1 Å². The number of hydrogen-bond donors (Lipinski definition) is 0. The van der Waals surface area contributed by atoms with Crippen molar-refractivity contribution >= 4 is 24.5 Å². The van der Waals surface area contributed by atoms with E-state index in [9.17, 15) is 5.11 Å². The number of nitrogens with zero attached hydrogens (tertiary/aromatic N) is 3. The lowest BCUT2D eigenvalue weighted by atomic mass is 10.2. The maximum atomic E-state index is 11.5. The summed E-state index contributed by atoms with van der Waals surface area (Å²) in [6.07, 6.45) is 1.52. The molecule has 0 N–H and O–H groups in total. The van der Waals surface area contributed by atoms with E-state index in [1.165, 1.54) is 6.21 Å². The molecule has 0 atom stereocenters. The van der Waals surface area contributed by atoms with Gasteiger partial charge < -0.3 is 14.3 Å². The van der Waals surface area contributed by atoms with E-state index in [1.54, 1.807) is 7.11 Å². The first-order chi connectivity index (χ1) is 8.42. The van der Waals surface area contributed by atoms with E-state index in [2.05, 4.69) is 10.2 Å². The summed E-state index contributed by atoms with van der Waals surface area (Å²) in [5.41, 5.74) is 0.793. The van der Waals surface area contributed by atoms with Crippen LogP contribution in [0.2, 0.25) is 0 Å². The maximum Gasteiger partial charge on any atom is 0.127 e. The van der Waals surface area contributed by atoms with Gasteiger partial charge in [0, 0.05) is 11.5 Å². The first-order valence-electron chi connectivity index (χ1n) is 5.63. The smallest absolute Gasteiger partial charge is 0.127 e. The molecular formula is C13H20ClN3O2. The predicted octanol–water partition coefficient (Wildman–Crippen LogP) is 0.916. The van der Waals surface area contributed by atoms with Crippen molar-refractivity contribution in [3.8, 4) is 5.75 Å². The number of methoxy groups -OCH3 is 1. The minimum atomic E-state index is -0.242. The first-order valence-corrected chi connectivity index (χ1v) is 5.63. The standard InChI is InChI=1S/C13H19N3O2.ClH/c1-16(2,3)10-13(17)15-14-9-11-7-5-6-8-12(11)18-4;/h5-9H,10H2,1-4H3;1H. The lowest BCUT2D eigenvalue weighted by Crippen LogP contribution is -2.43. The third kappa shape index (κ3) is 6.79. The molecule has 0 radical (unpaired) electrons. The second kappa shape index (κ2) is 7.76. The second-order valence-corrected chi connectivity index (χ2v) is 4.93. The van der Waals surface area contributed by atoms with Crippen LogP contribution in [0.3, 0.4) is 0 Å². The highest BCUT2D eigenvalue weighted by molar-refractivity contribution is 5.85. The van der Waals surface area contributed by atoms with Gasteiger partial charge in [0.15, 0.2) is 0 Å². The van der Waals surface area contributed by atoms with Crippen LogP contribution < -0.4 is 9.84 Å². The van der Waals surface area contributed by atoms with E-state index >= 15 is 0 Å². The quantitative estimate of drug-likeness (QED) is 0.350. The lowest BCUT2D eigenvalue weighted by Gasteiger charge is -2.25. The van der Waals surface area contributed by atoms with Crippen molar-refractivity contribution in [2.24, 2.45) is 10.2 Å². The van der Waals surface area contributed by atoms with E-state index in [1.807, 2.05) is 45.4 Å². The Labute approximate surface area is 120 Å². The summed E-state index contributed by atoms with van der Waals surface area (Å²) >= 11 is 0. The fraction of sp³-hybridized carbons (Fsp3) is 0.385. The summed E-state index contributed by atoms with van der Waals surface area (Å²) in [7, 11) is 7.37. The molecule has 0 aromatic heterocycles. The first kappa shape index (κ1) is 17.4. The van der Waals surface area contributed by atoms with Gasteiger partial charge in [0.25, 0.3) is 0 Å². The molecule has 0 saturated heterocycles.